The van der Waals surface area contributed by atoms with E-state index in [0.29, 0.717) is 13.1 Å². The van der Waals surface area contributed by atoms with Gasteiger partial charge in [0.05, 0.1) is 6.10 Å². The zero-order valence-corrected chi connectivity index (χ0v) is 13.7. The van der Waals surface area contributed by atoms with E-state index in [1.807, 2.05) is 19.2 Å². The van der Waals surface area contributed by atoms with E-state index in [1.54, 1.807) is 0 Å². The summed E-state index contributed by atoms with van der Waals surface area (Å²) in [5.41, 5.74) is 5.07. The average molecular weight is 311 g/mol. The molecule has 1 aromatic heterocycles. The molecule has 1 unspecified atom stereocenters. The first kappa shape index (κ1) is 16.1. The number of rotatable bonds is 6. The molecule has 0 saturated heterocycles. The topological polar surface area (TPSA) is 48.4 Å². The van der Waals surface area contributed by atoms with Gasteiger partial charge < -0.3 is 10.4 Å². The van der Waals surface area contributed by atoms with Crippen LogP contribution in [0.2, 0.25) is 0 Å². The van der Waals surface area contributed by atoms with Crippen LogP contribution in [0.4, 0.5) is 0 Å². The van der Waals surface area contributed by atoms with Crippen molar-refractivity contribution >= 4 is 0 Å². The number of aromatic nitrogens is 1. The zero-order valence-electron chi connectivity index (χ0n) is 13.7. The van der Waals surface area contributed by atoms with E-state index < -0.39 is 0 Å². The Hall–Kier alpha value is -1.75. The van der Waals surface area contributed by atoms with Crippen LogP contribution in [-0.2, 0) is 19.5 Å². The number of benzene rings is 1. The summed E-state index contributed by atoms with van der Waals surface area (Å²) in [5, 5.41) is 13.6. The van der Waals surface area contributed by atoms with Gasteiger partial charge in [-0.25, -0.2) is 0 Å². The SMILES string of the molecule is Cc1ncccc1CNCC(O)CN1CCc2ccccc2C1. The number of aryl methyl sites for hydroxylation is 1. The molecule has 0 radical (unpaired) electrons. The van der Waals surface area contributed by atoms with Crippen molar-refractivity contribution in [3.63, 3.8) is 0 Å². The van der Waals surface area contributed by atoms with E-state index in [0.717, 1.165) is 31.7 Å². The summed E-state index contributed by atoms with van der Waals surface area (Å²) in [6.45, 7) is 6.04. The van der Waals surface area contributed by atoms with Crippen molar-refractivity contribution in [1.82, 2.24) is 15.2 Å². The molecule has 0 bridgehead atoms. The fourth-order valence-corrected chi connectivity index (χ4v) is 3.15. The summed E-state index contributed by atoms with van der Waals surface area (Å²) in [6, 6.07) is 12.6. The first-order valence-electron chi connectivity index (χ1n) is 8.31. The molecule has 3 rings (SSSR count). The molecular formula is C19H25N3O. The first-order valence-corrected chi connectivity index (χ1v) is 8.31. The summed E-state index contributed by atoms with van der Waals surface area (Å²) in [5.74, 6) is 0. The third kappa shape index (κ3) is 4.38. The van der Waals surface area contributed by atoms with Crippen molar-refractivity contribution in [1.29, 1.82) is 0 Å². The fourth-order valence-electron chi connectivity index (χ4n) is 3.15. The van der Waals surface area contributed by atoms with Crippen LogP contribution in [0.3, 0.4) is 0 Å². The number of aliphatic hydroxyl groups excluding tert-OH is 1. The van der Waals surface area contributed by atoms with Crippen LogP contribution >= 0.6 is 0 Å². The smallest absolute Gasteiger partial charge is 0.0791 e. The zero-order chi connectivity index (χ0) is 16.1. The van der Waals surface area contributed by atoms with Crippen LogP contribution in [0.25, 0.3) is 0 Å². The van der Waals surface area contributed by atoms with Crippen molar-refractivity contribution in [3.8, 4) is 0 Å². The van der Waals surface area contributed by atoms with Gasteiger partial charge in [0.25, 0.3) is 0 Å². The number of hydrogen-bond donors (Lipinski definition) is 2. The van der Waals surface area contributed by atoms with Gasteiger partial charge in [-0.1, -0.05) is 30.3 Å². The second-order valence-electron chi connectivity index (χ2n) is 6.29. The van der Waals surface area contributed by atoms with E-state index in [4.69, 9.17) is 0 Å². The second kappa shape index (κ2) is 7.68. The highest BCUT2D eigenvalue weighted by molar-refractivity contribution is 5.29. The molecule has 4 heteroatoms. The Kier molecular flexibility index (Phi) is 5.39. The maximum atomic E-state index is 10.3. The minimum atomic E-state index is -0.350. The molecule has 2 heterocycles. The van der Waals surface area contributed by atoms with Crippen molar-refractivity contribution in [2.24, 2.45) is 0 Å². The molecule has 4 nitrogen and oxygen atoms in total. The monoisotopic (exact) mass is 311 g/mol. The summed E-state index contributed by atoms with van der Waals surface area (Å²) >= 11 is 0. The normalized spacial score (nSPS) is 16.1. The molecular weight excluding hydrogens is 286 g/mol. The Morgan fingerprint density at radius 1 is 1.22 bits per heavy atom. The van der Waals surface area contributed by atoms with Crippen LogP contribution in [-0.4, -0.2) is 40.7 Å². The molecule has 23 heavy (non-hydrogen) atoms. The number of nitrogens with zero attached hydrogens (tertiary/aromatic N) is 2. The van der Waals surface area contributed by atoms with Crippen LogP contribution in [0.15, 0.2) is 42.6 Å². The Morgan fingerprint density at radius 3 is 2.87 bits per heavy atom. The van der Waals surface area contributed by atoms with E-state index in [9.17, 15) is 5.11 Å². The first-order chi connectivity index (χ1) is 11.2. The third-order valence-electron chi connectivity index (χ3n) is 4.49. The number of pyridine rings is 1. The number of aliphatic hydroxyl groups is 1. The molecule has 1 aliphatic rings. The molecule has 1 aromatic carbocycles. The third-order valence-corrected chi connectivity index (χ3v) is 4.49. The summed E-state index contributed by atoms with van der Waals surface area (Å²) in [6.07, 6.45) is 2.53. The maximum Gasteiger partial charge on any atom is 0.0791 e. The minimum absolute atomic E-state index is 0.350. The molecule has 0 amide bonds. The van der Waals surface area contributed by atoms with Crippen LogP contribution in [0.1, 0.15) is 22.4 Å². The van der Waals surface area contributed by atoms with Gasteiger partial charge in [-0.3, -0.25) is 9.88 Å². The highest BCUT2D eigenvalue weighted by Gasteiger charge is 2.18. The highest BCUT2D eigenvalue weighted by Crippen LogP contribution is 2.18. The quantitative estimate of drug-likeness (QED) is 0.855. The molecule has 1 atom stereocenters. The van der Waals surface area contributed by atoms with E-state index in [2.05, 4.69) is 45.5 Å². The number of nitrogens with one attached hydrogen (secondary N) is 1. The lowest BCUT2D eigenvalue weighted by Crippen LogP contribution is -2.40. The maximum absolute atomic E-state index is 10.3. The lowest BCUT2D eigenvalue weighted by molar-refractivity contribution is 0.104. The summed E-state index contributed by atoms with van der Waals surface area (Å²) in [7, 11) is 0. The Morgan fingerprint density at radius 2 is 2.04 bits per heavy atom. The van der Waals surface area contributed by atoms with E-state index in [1.165, 1.54) is 16.7 Å². The lowest BCUT2D eigenvalue weighted by atomic mass is 10.00. The standard InChI is InChI=1S/C19H25N3O/c1-15-17(7-4-9-21-15)11-20-12-19(23)14-22-10-8-16-5-2-3-6-18(16)13-22/h2-7,9,19-20,23H,8,10-14H2,1H3. The van der Waals surface area contributed by atoms with E-state index >= 15 is 0 Å². The minimum Gasteiger partial charge on any atom is -0.390 e. The van der Waals surface area contributed by atoms with Gasteiger partial charge in [0.1, 0.15) is 0 Å². The number of hydrogen-bond acceptors (Lipinski definition) is 4. The summed E-state index contributed by atoms with van der Waals surface area (Å²) < 4.78 is 0. The molecule has 122 valence electrons. The second-order valence-corrected chi connectivity index (χ2v) is 6.29. The van der Waals surface area contributed by atoms with Gasteiger partial charge in [-0.2, -0.15) is 0 Å². The van der Waals surface area contributed by atoms with Crippen molar-refractivity contribution in [2.45, 2.75) is 32.5 Å². The van der Waals surface area contributed by atoms with Crippen molar-refractivity contribution < 1.29 is 5.11 Å². The summed E-state index contributed by atoms with van der Waals surface area (Å²) in [4.78, 5) is 6.62. The molecule has 1 aliphatic heterocycles. The number of β-amino-alcohol motifs (C(OH)–C–C–N with tert-alkyl or cyclic N) is 1. The van der Waals surface area contributed by atoms with Gasteiger partial charge in [-0.05, 0) is 36.1 Å². The van der Waals surface area contributed by atoms with Gasteiger partial charge in [0.2, 0.25) is 0 Å². The molecule has 0 saturated carbocycles. The molecule has 2 N–H and O–H groups in total. The van der Waals surface area contributed by atoms with Crippen LogP contribution in [0, 0.1) is 6.92 Å². The molecule has 0 spiro atoms. The Labute approximate surface area is 138 Å². The highest BCUT2D eigenvalue weighted by atomic mass is 16.3. The molecule has 0 aliphatic carbocycles. The van der Waals surface area contributed by atoms with Crippen LogP contribution < -0.4 is 5.32 Å². The van der Waals surface area contributed by atoms with Gasteiger partial charge in [0, 0.05) is 44.6 Å². The van der Waals surface area contributed by atoms with Gasteiger partial charge >= 0.3 is 0 Å². The predicted molar refractivity (Wildman–Crippen MR) is 92.1 cm³/mol. The molecule has 0 fully saturated rings. The largest absolute Gasteiger partial charge is 0.390 e. The van der Waals surface area contributed by atoms with Crippen molar-refractivity contribution in [2.75, 3.05) is 19.6 Å². The van der Waals surface area contributed by atoms with Crippen molar-refractivity contribution in [3.05, 3.63) is 65.0 Å². The lowest BCUT2D eigenvalue weighted by Gasteiger charge is -2.30. The Balaban J connectivity index is 1.43. The van der Waals surface area contributed by atoms with E-state index in [-0.39, 0.29) is 6.10 Å². The van der Waals surface area contributed by atoms with Gasteiger partial charge in [-0.15, -0.1) is 0 Å². The fraction of sp³-hybridized carbons (Fsp3) is 0.421. The predicted octanol–water partition coefficient (Wildman–Crippen LogP) is 1.90. The molecule has 2 aromatic rings. The van der Waals surface area contributed by atoms with Gasteiger partial charge in [0.15, 0.2) is 0 Å². The van der Waals surface area contributed by atoms with Crippen LogP contribution in [0.5, 0.6) is 0 Å². The number of fused-ring (bicyclic) bond motifs is 1. The Bertz CT molecular complexity index is 644. The average Bonchev–Trinajstić information content (AvgIpc) is 2.56.